The molecule has 0 atom stereocenters. The van der Waals surface area contributed by atoms with Crippen molar-refractivity contribution < 1.29 is 12.8 Å². The zero-order chi connectivity index (χ0) is 32.0. The van der Waals surface area contributed by atoms with Crippen LogP contribution >= 0.6 is 11.6 Å². The van der Waals surface area contributed by atoms with Crippen molar-refractivity contribution in [1.29, 1.82) is 0 Å². The fourth-order valence-corrected chi connectivity index (χ4v) is 7.27. The Morgan fingerprint density at radius 2 is 1.51 bits per heavy atom. The molecular weight excluding hydrogens is 607 g/mol. The van der Waals surface area contributed by atoms with Gasteiger partial charge < -0.3 is 9.88 Å². The van der Waals surface area contributed by atoms with Crippen molar-refractivity contribution in [1.82, 2.24) is 19.1 Å². The lowest BCUT2D eigenvalue weighted by molar-refractivity contribution is 0.460. The molecule has 2 heterocycles. The van der Waals surface area contributed by atoms with Gasteiger partial charge >= 0.3 is 0 Å². The molecule has 0 aliphatic carbocycles. The number of rotatable bonds is 11. The molecule has 6 aromatic rings. The molecule has 0 unspecified atom stereocenters. The molecule has 0 aliphatic heterocycles. The summed E-state index contributed by atoms with van der Waals surface area (Å²) in [6, 6.07) is 28.7. The van der Waals surface area contributed by atoms with Gasteiger partial charge in [0.15, 0.2) is 0 Å². The van der Waals surface area contributed by atoms with Crippen molar-refractivity contribution in [2.45, 2.75) is 45.1 Å². The number of nitrogens with one attached hydrogen (secondary N) is 1. The van der Waals surface area contributed by atoms with Crippen LogP contribution in [0.2, 0.25) is 5.02 Å². The fourth-order valence-electron chi connectivity index (χ4n) is 5.57. The summed E-state index contributed by atoms with van der Waals surface area (Å²) in [6.07, 6.45) is 2.99. The van der Waals surface area contributed by atoms with Crippen molar-refractivity contribution in [2.75, 3.05) is 19.8 Å². The first-order valence-corrected chi connectivity index (χ1v) is 17.1. The number of hydrogen-bond donors (Lipinski definition) is 1. The normalized spacial score (nSPS) is 11.6. The highest BCUT2D eigenvalue weighted by Gasteiger charge is 2.25. The van der Waals surface area contributed by atoms with Gasteiger partial charge in [-0.2, -0.15) is 17.6 Å². The monoisotopic (exact) mass is 644 g/mol. The lowest BCUT2D eigenvalue weighted by Crippen LogP contribution is -2.18. The molecule has 0 aliphatic rings. The van der Waals surface area contributed by atoms with E-state index in [1.54, 1.807) is 42.6 Å². The van der Waals surface area contributed by atoms with Crippen LogP contribution in [0.1, 0.15) is 37.0 Å². The largest absolute Gasteiger partial charge is 0.335 e. The van der Waals surface area contributed by atoms with Gasteiger partial charge in [-0.15, -0.1) is 0 Å². The number of aromatic nitrogens is 3. The maximum absolute atomic E-state index is 13.5. The Hall–Kier alpha value is -3.98. The summed E-state index contributed by atoms with van der Waals surface area (Å²) in [5.41, 5.74) is 6.66. The number of nitrogens with zero attached hydrogens (tertiary/aromatic N) is 3. The van der Waals surface area contributed by atoms with Crippen molar-refractivity contribution >= 4 is 43.4 Å². The molecule has 4 aromatic carbocycles. The van der Waals surface area contributed by atoms with Crippen LogP contribution < -0.4 is 5.32 Å². The van der Waals surface area contributed by atoms with E-state index in [4.69, 9.17) is 11.6 Å². The molecule has 2 aromatic heterocycles. The smallest absolute Gasteiger partial charge is 0.283 e. The SMILES string of the molecule is CC.Cc1ccccc1-c1c(Cl)c2c3cnn(S(=O)(=O)c4ccccc4)c3ccc2n1Cc1ccc(CCNCCCF)cc1. The summed E-state index contributed by atoms with van der Waals surface area (Å²) >= 11 is 7.24. The van der Waals surface area contributed by atoms with Crippen LogP contribution in [0, 0.1) is 6.92 Å². The third-order valence-corrected chi connectivity index (χ3v) is 9.78. The number of fused-ring (bicyclic) bond motifs is 3. The topological polar surface area (TPSA) is 68.9 Å². The van der Waals surface area contributed by atoms with Crippen LogP contribution in [0.4, 0.5) is 4.39 Å². The summed E-state index contributed by atoms with van der Waals surface area (Å²) in [6.45, 7) is 7.82. The zero-order valence-corrected chi connectivity index (χ0v) is 27.4. The molecule has 6 rings (SSSR count). The van der Waals surface area contributed by atoms with E-state index in [1.165, 1.54) is 5.56 Å². The molecule has 1 N–H and O–H groups in total. The van der Waals surface area contributed by atoms with E-state index < -0.39 is 10.0 Å². The van der Waals surface area contributed by atoms with Crippen molar-refractivity contribution in [2.24, 2.45) is 0 Å². The Balaban J connectivity index is 0.00000196. The highest BCUT2D eigenvalue weighted by Crippen LogP contribution is 2.42. The van der Waals surface area contributed by atoms with Crippen LogP contribution in [-0.4, -0.2) is 41.9 Å². The lowest BCUT2D eigenvalue weighted by Gasteiger charge is -2.14. The highest BCUT2D eigenvalue weighted by molar-refractivity contribution is 7.90. The average molecular weight is 645 g/mol. The van der Waals surface area contributed by atoms with Crippen LogP contribution in [-0.2, 0) is 23.0 Å². The maximum Gasteiger partial charge on any atom is 0.283 e. The molecule has 0 radical (unpaired) electrons. The molecule has 0 amide bonds. The predicted octanol–water partition coefficient (Wildman–Crippen LogP) is 8.42. The summed E-state index contributed by atoms with van der Waals surface area (Å²) in [7, 11) is -3.90. The van der Waals surface area contributed by atoms with E-state index in [9.17, 15) is 12.8 Å². The second-order valence-electron chi connectivity index (χ2n) is 10.6. The molecule has 45 heavy (non-hydrogen) atoms. The van der Waals surface area contributed by atoms with Gasteiger partial charge in [0.1, 0.15) is 0 Å². The summed E-state index contributed by atoms with van der Waals surface area (Å²) in [5, 5.41) is 9.61. The number of alkyl halides is 1. The predicted molar refractivity (Wildman–Crippen MR) is 183 cm³/mol. The average Bonchev–Trinajstić information content (AvgIpc) is 3.63. The first kappa shape index (κ1) is 32.4. The number of halogens is 2. The lowest BCUT2D eigenvalue weighted by atomic mass is 10.0. The minimum Gasteiger partial charge on any atom is -0.335 e. The molecule has 0 spiro atoms. The van der Waals surface area contributed by atoms with Gasteiger partial charge in [0, 0.05) is 22.9 Å². The van der Waals surface area contributed by atoms with Gasteiger partial charge in [0.25, 0.3) is 10.0 Å². The minimum absolute atomic E-state index is 0.170. The zero-order valence-electron chi connectivity index (χ0n) is 25.8. The Morgan fingerprint density at radius 3 is 2.22 bits per heavy atom. The summed E-state index contributed by atoms with van der Waals surface area (Å²) in [5.74, 6) is 0. The van der Waals surface area contributed by atoms with Crippen LogP contribution in [0.3, 0.4) is 0 Å². The van der Waals surface area contributed by atoms with E-state index in [-0.39, 0.29) is 11.6 Å². The molecule has 0 saturated carbocycles. The van der Waals surface area contributed by atoms with Gasteiger partial charge in [-0.3, -0.25) is 4.39 Å². The highest BCUT2D eigenvalue weighted by atomic mass is 35.5. The molecule has 9 heteroatoms. The number of benzene rings is 4. The minimum atomic E-state index is -3.90. The van der Waals surface area contributed by atoms with Gasteiger partial charge in [0.05, 0.1) is 39.5 Å². The molecule has 234 valence electrons. The quantitative estimate of drug-likeness (QED) is 0.144. The Morgan fingerprint density at radius 1 is 0.844 bits per heavy atom. The van der Waals surface area contributed by atoms with Gasteiger partial charge in [-0.25, -0.2) is 0 Å². The van der Waals surface area contributed by atoms with Crippen LogP contribution in [0.15, 0.2) is 102 Å². The van der Waals surface area contributed by atoms with E-state index in [0.29, 0.717) is 35.4 Å². The van der Waals surface area contributed by atoms with E-state index >= 15 is 0 Å². The van der Waals surface area contributed by atoms with Crippen molar-refractivity contribution in [3.8, 4) is 11.3 Å². The van der Waals surface area contributed by atoms with E-state index in [2.05, 4.69) is 58.3 Å². The van der Waals surface area contributed by atoms with Crippen molar-refractivity contribution in [3.05, 3.63) is 119 Å². The molecule has 6 nitrogen and oxygen atoms in total. The standard InChI is InChI=1S/C34H32ClFN4O2S.C2H6/c1-24-8-5-6-11-28(24)34-33(35)32-29-22-38-40(43(41,42)27-9-3-2-4-10-27)30(29)16-17-31(32)39(34)23-26-14-12-25(13-15-26)18-21-37-20-7-19-36;1-2/h2-6,8-17,22,37H,7,18-21,23H2,1H3;1-2H3. The second kappa shape index (κ2) is 14.4. The summed E-state index contributed by atoms with van der Waals surface area (Å²) < 4.78 is 42.6. The molecular formula is C36H38ClFN4O2S. The Bertz CT molecular complexity index is 2000. The molecule has 0 bridgehead atoms. The second-order valence-corrected chi connectivity index (χ2v) is 12.8. The van der Waals surface area contributed by atoms with Gasteiger partial charge in [-0.05, 0) is 73.8 Å². The summed E-state index contributed by atoms with van der Waals surface area (Å²) in [4.78, 5) is 0.170. The van der Waals surface area contributed by atoms with Crippen LogP contribution in [0.25, 0.3) is 33.1 Å². The van der Waals surface area contributed by atoms with Gasteiger partial charge in [-0.1, -0.05) is 92.2 Å². The maximum atomic E-state index is 13.5. The number of hydrogen-bond acceptors (Lipinski definition) is 4. The molecule has 0 fully saturated rings. The van der Waals surface area contributed by atoms with Gasteiger partial charge in [0.2, 0.25) is 0 Å². The first-order valence-electron chi connectivity index (χ1n) is 15.3. The first-order chi connectivity index (χ1) is 21.9. The van der Waals surface area contributed by atoms with E-state index in [0.717, 1.165) is 50.3 Å². The third kappa shape index (κ3) is 6.54. The molecule has 0 saturated heterocycles. The Kier molecular flexibility index (Phi) is 10.4. The van der Waals surface area contributed by atoms with E-state index in [1.807, 2.05) is 32.0 Å². The van der Waals surface area contributed by atoms with Crippen molar-refractivity contribution in [3.63, 3.8) is 0 Å². The number of aryl methyl sites for hydroxylation is 1. The van der Waals surface area contributed by atoms with Crippen LogP contribution in [0.5, 0.6) is 0 Å². The Labute approximate surface area is 269 Å². The third-order valence-electron chi connectivity index (χ3n) is 7.80. The fraction of sp³-hybridized carbons (Fsp3) is 0.250.